The van der Waals surface area contributed by atoms with E-state index < -0.39 is 0 Å². The molecule has 0 aromatic carbocycles. The van der Waals surface area contributed by atoms with Crippen molar-refractivity contribution in [3.05, 3.63) is 0 Å². The Hall–Kier alpha value is -0.160. The van der Waals surface area contributed by atoms with Gasteiger partial charge < -0.3 is 21.5 Å². The van der Waals surface area contributed by atoms with Gasteiger partial charge in [0.1, 0.15) is 0 Å². The first-order valence-electron chi connectivity index (χ1n) is 3.11. The standard InChI is InChI=1S/C6H12O3.H3N/c7-2-5-1-6(5,3-8)4-9;/h5,7-9H,1-4H2;1H3. The summed E-state index contributed by atoms with van der Waals surface area (Å²) >= 11 is 0. The zero-order valence-electron chi connectivity index (χ0n) is 5.95. The van der Waals surface area contributed by atoms with Crippen LogP contribution in [-0.4, -0.2) is 35.1 Å². The molecule has 6 N–H and O–H groups in total. The largest absolute Gasteiger partial charge is 0.396 e. The van der Waals surface area contributed by atoms with Crippen LogP contribution in [0.2, 0.25) is 0 Å². The van der Waals surface area contributed by atoms with E-state index in [0.717, 1.165) is 6.42 Å². The Labute approximate surface area is 60.1 Å². The summed E-state index contributed by atoms with van der Waals surface area (Å²) in [6.07, 6.45) is 0.760. The molecule has 0 saturated heterocycles. The normalized spacial score (nSPS) is 27.3. The predicted octanol–water partition coefficient (Wildman–Crippen LogP) is -0.868. The van der Waals surface area contributed by atoms with Crippen molar-refractivity contribution in [2.45, 2.75) is 6.42 Å². The zero-order valence-corrected chi connectivity index (χ0v) is 5.95. The lowest BCUT2D eigenvalue weighted by Crippen LogP contribution is -2.16. The highest BCUT2D eigenvalue weighted by Crippen LogP contribution is 2.51. The lowest BCUT2D eigenvalue weighted by molar-refractivity contribution is 0.108. The second-order valence-corrected chi connectivity index (χ2v) is 2.76. The van der Waals surface area contributed by atoms with E-state index in [0.29, 0.717) is 0 Å². The maximum absolute atomic E-state index is 8.69. The SMILES string of the molecule is N.OCC1CC1(CO)CO. The minimum absolute atomic E-state index is 0. The number of hydrogen-bond acceptors (Lipinski definition) is 4. The number of rotatable bonds is 3. The van der Waals surface area contributed by atoms with Crippen molar-refractivity contribution in [3.8, 4) is 0 Å². The topological polar surface area (TPSA) is 95.7 Å². The Bertz CT molecular complexity index is 103. The fourth-order valence-electron chi connectivity index (χ4n) is 1.13. The van der Waals surface area contributed by atoms with Gasteiger partial charge >= 0.3 is 0 Å². The molecule has 0 aliphatic heterocycles. The van der Waals surface area contributed by atoms with E-state index in [2.05, 4.69) is 0 Å². The highest BCUT2D eigenvalue weighted by molar-refractivity contribution is 5.00. The first-order valence-corrected chi connectivity index (χ1v) is 3.11. The van der Waals surface area contributed by atoms with E-state index in [4.69, 9.17) is 15.3 Å². The third kappa shape index (κ3) is 1.29. The Morgan fingerprint density at radius 2 is 1.70 bits per heavy atom. The number of hydrogen-bond donors (Lipinski definition) is 4. The molecule has 0 bridgehead atoms. The number of aliphatic hydroxyl groups excluding tert-OH is 3. The smallest absolute Gasteiger partial charge is 0.0513 e. The number of aliphatic hydroxyl groups is 3. The van der Waals surface area contributed by atoms with Gasteiger partial charge in [-0.2, -0.15) is 0 Å². The molecule has 1 fully saturated rings. The van der Waals surface area contributed by atoms with E-state index in [9.17, 15) is 0 Å². The van der Waals surface area contributed by atoms with E-state index in [1.165, 1.54) is 0 Å². The van der Waals surface area contributed by atoms with Crippen molar-refractivity contribution in [2.75, 3.05) is 19.8 Å². The zero-order chi connectivity index (χ0) is 6.91. The first-order chi connectivity index (χ1) is 4.29. The minimum atomic E-state index is -0.339. The van der Waals surface area contributed by atoms with Gasteiger partial charge in [0.25, 0.3) is 0 Å². The van der Waals surface area contributed by atoms with Crippen LogP contribution in [0.4, 0.5) is 0 Å². The van der Waals surface area contributed by atoms with Crippen LogP contribution in [0.3, 0.4) is 0 Å². The van der Waals surface area contributed by atoms with Crippen LogP contribution in [-0.2, 0) is 0 Å². The van der Waals surface area contributed by atoms with Crippen LogP contribution in [0, 0.1) is 11.3 Å². The van der Waals surface area contributed by atoms with Crippen molar-refractivity contribution in [2.24, 2.45) is 11.3 Å². The van der Waals surface area contributed by atoms with Crippen molar-refractivity contribution < 1.29 is 15.3 Å². The Balaban J connectivity index is 0.000000810. The van der Waals surface area contributed by atoms with Gasteiger partial charge in [-0.3, -0.25) is 0 Å². The Morgan fingerprint density at radius 3 is 1.80 bits per heavy atom. The van der Waals surface area contributed by atoms with Gasteiger partial charge in [-0.05, 0) is 12.3 Å². The van der Waals surface area contributed by atoms with Crippen molar-refractivity contribution in [1.29, 1.82) is 0 Å². The van der Waals surface area contributed by atoms with E-state index in [-0.39, 0.29) is 37.3 Å². The molecular weight excluding hydrogens is 134 g/mol. The molecule has 0 radical (unpaired) electrons. The van der Waals surface area contributed by atoms with E-state index in [1.807, 2.05) is 0 Å². The predicted molar refractivity (Wildman–Crippen MR) is 36.8 cm³/mol. The second kappa shape index (κ2) is 3.30. The summed E-state index contributed by atoms with van der Waals surface area (Å²) in [5.41, 5.74) is -0.339. The molecule has 10 heavy (non-hydrogen) atoms. The van der Waals surface area contributed by atoms with Crippen LogP contribution < -0.4 is 6.15 Å². The average molecular weight is 149 g/mol. The van der Waals surface area contributed by atoms with Gasteiger partial charge in [-0.15, -0.1) is 0 Å². The van der Waals surface area contributed by atoms with Crippen molar-refractivity contribution >= 4 is 0 Å². The quantitative estimate of drug-likeness (QED) is 0.419. The molecule has 1 saturated carbocycles. The van der Waals surface area contributed by atoms with Crippen LogP contribution in [0.1, 0.15) is 6.42 Å². The van der Waals surface area contributed by atoms with Crippen molar-refractivity contribution in [3.63, 3.8) is 0 Å². The molecular formula is C6H15NO3. The molecule has 4 nitrogen and oxygen atoms in total. The molecule has 1 aliphatic rings. The maximum Gasteiger partial charge on any atom is 0.0513 e. The van der Waals surface area contributed by atoms with E-state index in [1.54, 1.807) is 0 Å². The minimum Gasteiger partial charge on any atom is -0.396 e. The molecule has 0 spiro atoms. The summed E-state index contributed by atoms with van der Waals surface area (Å²) < 4.78 is 0. The van der Waals surface area contributed by atoms with E-state index >= 15 is 0 Å². The van der Waals surface area contributed by atoms with Crippen LogP contribution in [0.5, 0.6) is 0 Å². The van der Waals surface area contributed by atoms with Gasteiger partial charge in [-0.25, -0.2) is 0 Å². The average Bonchev–Trinajstić information content (AvgIpc) is 2.63. The lowest BCUT2D eigenvalue weighted by atomic mass is 10.1. The van der Waals surface area contributed by atoms with Crippen LogP contribution in [0.25, 0.3) is 0 Å². The third-order valence-corrected chi connectivity index (χ3v) is 2.21. The summed E-state index contributed by atoms with van der Waals surface area (Å²) in [7, 11) is 0. The lowest BCUT2D eigenvalue weighted by Gasteiger charge is -2.07. The highest BCUT2D eigenvalue weighted by Gasteiger charge is 2.52. The Kier molecular flexibility index (Phi) is 3.24. The molecule has 62 valence electrons. The van der Waals surface area contributed by atoms with Gasteiger partial charge in [0.2, 0.25) is 0 Å². The summed E-state index contributed by atoms with van der Waals surface area (Å²) in [5, 5.41) is 26.0. The molecule has 1 atom stereocenters. The monoisotopic (exact) mass is 149 g/mol. The Morgan fingerprint density at radius 1 is 1.20 bits per heavy atom. The maximum atomic E-state index is 8.69. The molecule has 0 aromatic heterocycles. The molecule has 1 unspecified atom stereocenters. The molecule has 0 amide bonds. The third-order valence-electron chi connectivity index (χ3n) is 2.21. The van der Waals surface area contributed by atoms with Crippen LogP contribution >= 0.6 is 0 Å². The fourth-order valence-corrected chi connectivity index (χ4v) is 1.13. The summed E-state index contributed by atoms with van der Waals surface area (Å²) in [6.45, 7) is 0.0740. The highest BCUT2D eigenvalue weighted by atomic mass is 16.3. The molecule has 1 aliphatic carbocycles. The first kappa shape index (κ1) is 9.84. The fraction of sp³-hybridized carbons (Fsp3) is 1.00. The molecule has 1 rings (SSSR count). The van der Waals surface area contributed by atoms with Gasteiger partial charge in [0.15, 0.2) is 0 Å². The molecule has 0 heterocycles. The van der Waals surface area contributed by atoms with Crippen molar-refractivity contribution in [1.82, 2.24) is 6.15 Å². The molecule has 0 aromatic rings. The van der Waals surface area contributed by atoms with Gasteiger partial charge in [0, 0.05) is 12.0 Å². The summed E-state index contributed by atoms with van der Waals surface area (Å²) in [4.78, 5) is 0. The molecule has 4 heteroatoms. The second-order valence-electron chi connectivity index (χ2n) is 2.76. The van der Waals surface area contributed by atoms with Gasteiger partial charge in [0.05, 0.1) is 13.2 Å². The summed E-state index contributed by atoms with van der Waals surface area (Å²) in [5.74, 6) is 0.132. The van der Waals surface area contributed by atoms with Crippen LogP contribution in [0.15, 0.2) is 0 Å². The summed E-state index contributed by atoms with van der Waals surface area (Å²) in [6, 6.07) is 0. The van der Waals surface area contributed by atoms with Gasteiger partial charge in [-0.1, -0.05) is 0 Å².